The lowest BCUT2D eigenvalue weighted by molar-refractivity contribution is 0.330. The molecular formula is C13H19ClN4. The molecule has 4 nitrogen and oxygen atoms in total. The monoisotopic (exact) mass is 266 g/mol. The summed E-state index contributed by atoms with van der Waals surface area (Å²) in [5.74, 6) is 0. The lowest BCUT2D eigenvalue weighted by Gasteiger charge is -2.26. The van der Waals surface area contributed by atoms with Crippen molar-refractivity contribution in [3.8, 4) is 6.07 Å². The maximum absolute atomic E-state index is 9.35. The van der Waals surface area contributed by atoms with Gasteiger partial charge in [0.25, 0.3) is 0 Å². The first-order valence-corrected chi connectivity index (χ1v) is 6.71. The number of aromatic nitrogens is 2. The fourth-order valence-corrected chi connectivity index (χ4v) is 2.32. The molecule has 0 aliphatic heterocycles. The number of halogens is 1. The quantitative estimate of drug-likeness (QED) is 0.892. The number of aryl methyl sites for hydroxylation is 1. The number of rotatable bonds is 5. The Kier molecular flexibility index (Phi) is 3.65. The normalized spacial score (nSPS) is 20.2. The Morgan fingerprint density at radius 3 is 2.83 bits per heavy atom. The van der Waals surface area contributed by atoms with E-state index in [1.54, 1.807) is 0 Å². The molecule has 1 aromatic heterocycles. The van der Waals surface area contributed by atoms with Crippen LogP contribution in [0.4, 0.5) is 0 Å². The van der Waals surface area contributed by atoms with Gasteiger partial charge in [0.15, 0.2) is 0 Å². The largest absolute Gasteiger partial charge is 0.297 e. The Morgan fingerprint density at radius 2 is 2.39 bits per heavy atom. The summed E-state index contributed by atoms with van der Waals surface area (Å²) in [5.41, 5.74) is 0.338. The van der Waals surface area contributed by atoms with E-state index in [1.165, 1.54) is 12.8 Å². The second-order valence-electron chi connectivity index (χ2n) is 5.46. The van der Waals surface area contributed by atoms with Gasteiger partial charge in [0.05, 0.1) is 22.8 Å². The Bertz CT molecular complexity index is 452. The number of hydrogen-bond donors (Lipinski definition) is 1. The van der Waals surface area contributed by atoms with Crippen LogP contribution in [0.2, 0.25) is 5.02 Å². The van der Waals surface area contributed by atoms with Gasteiger partial charge in [-0.25, -0.2) is 0 Å². The molecule has 0 amide bonds. The fraction of sp³-hybridized carbons (Fsp3) is 0.692. The molecule has 1 aliphatic rings. The molecule has 18 heavy (non-hydrogen) atoms. The second-order valence-corrected chi connectivity index (χ2v) is 5.87. The van der Waals surface area contributed by atoms with Crippen molar-refractivity contribution in [3.05, 3.63) is 16.9 Å². The smallest absolute Gasteiger partial charge is 0.106 e. The SMILES string of the molecule is Cc1nn(C(C)CC(C)(C#N)NC2CC2)cc1Cl. The van der Waals surface area contributed by atoms with Crippen molar-refractivity contribution in [2.75, 3.05) is 0 Å². The van der Waals surface area contributed by atoms with E-state index in [2.05, 4.69) is 23.4 Å². The summed E-state index contributed by atoms with van der Waals surface area (Å²) in [5, 5.41) is 17.8. The molecule has 0 bridgehead atoms. The summed E-state index contributed by atoms with van der Waals surface area (Å²) in [4.78, 5) is 0. The maximum atomic E-state index is 9.35. The molecule has 1 fully saturated rings. The van der Waals surface area contributed by atoms with E-state index in [9.17, 15) is 5.26 Å². The van der Waals surface area contributed by atoms with Crippen LogP contribution in [0, 0.1) is 18.3 Å². The third-order valence-corrected chi connectivity index (χ3v) is 3.73. The van der Waals surface area contributed by atoms with E-state index < -0.39 is 5.54 Å². The summed E-state index contributed by atoms with van der Waals surface area (Å²) in [6, 6.07) is 3.05. The first-order valence-electron chi connectivity index (χ1n) is 6.34. The number of nitrogens with one attached hydrogen (secondary N) is 1. The Balaban J connectivity index is 2.04. The third kappa shape index (κ3) is 3.04. The van der Waals surface area contributed by atoms with E-state index in [4.69, 9.17) is 11.6 Å². The summed E-state index contributed by atoms with van der Waals surface area (Å²) < 4.78 is 1.85. The molecule has 0 saturated heterocycles. The van der Waals surface area contributed by atoms with E-state index in [0.29, 0.717) is 11.1 Å². The van der Waals surface area contributed by atoms with Crippen LogP contribution in [-0.4, -0.2) is 21.4 Å². The molecule has 1 aromatic rings. The standard InChI is InChI=1S/C13H19ClN4/c1-9(18-7-12(14)10(2)17-18)6-13(3,8-15)16-11-4-5-11/h7,9,11,16H,4-6H2,1-3H3. The van der Waals surface area contributed by atoms with Crippen LogP contribution >= 0.6 is 11.6 Å². The van der Waals surface area contributed by atoms with Gasteiger partial charge in [-0.3, -0.25) is 10.00 Å². The van der Waals surface area contributed by atoms with Gasteiger partial charge in [0.1, 0.15) is 5.54 Å². The van der Waals surface area contributed by atoms with Gasteiger partial charge in [0, 0.05) is 18.7 Å². The minimum absolute atomic E-state index is 0.145. The zero-order valence-corrected chi connectivity index (χ0v) is 11.8. The van der Waals surface area contributed by atoms with E-state index in [1.807, 2.05) is 24.7 Å². The van der Waals surface area contributed by atoms with Gasteiger partial charge in [-0.2, -0.15) is 10.4 Å². The molecule has 5 heteroatoms. The van der Waals surface area contributed by atoms with Crippen LogP contribution in [0.3, 0.4) is 0 Å². The molecule has 98 valence electrons. The van der Waals surface area contributed by atoms with Crippen LogP contribution in [0.1, 0.15) is 44.8 Å². The highest BCUT2D eigenvalue weighted by atomic mass is 35.5. The van der Waals surface area contributed by atoms with E-state index in [-0.39, 0.29) is 6.04 Å². The zero-order chi connectivity index (χ0) is 13.3. The lowest BCUT2D eigenvalue weighted by Crippen LogP contribution is -2.43. The minimum Gasteiger partial charge on any atom is -0.297 e. The van der Waals surface area contributed by atoms with Crippen molar-refractivity contribution in [2.24, 2.45) is 0 Å². The van der Waals surface area contributed by atoms with Gasteiger partial charge >= 0.3 is 0 Å². The van der Waals surface area contributed by atoms with Crippen molar-refractivity contribution in [1.29, 1.82) is 5.26 Å². The van der Waals surface area contributed by atoms with Gasteiger partial charge in [0.2, 0.25) is 0 Å². The number of hydrogen-bond acceptors (Lipinski definition) is 3. The van der Waals surface area contributed by atoms with E-state index in [0.717, 1.165) is 12.1 Å². The zero-order valence-electron chi connectivity index (χ0n) is 11.1. The summed E-state index contributed by atoms with van der Waals surface area (Å²) in [6.45, 7) is 5.91. The lowest BCUT2D eigenvalue weighted by atomic mass is 9.95. The van der Waals surface area contributed by atoms with Gasteiger partial charge in [-0.1, -0.05) is 11.6 Å². The molecule has 2 rings (SSSR count). The molecule has 2 unspecified atom stereocenters. The summed E-state index contributed by atoms with van der Waals surface area (Å²) in [7, 11) is 0. The van der Waals surface area contributed by atoms with Crippen molar-refractivity contribution in [2.45, 2.75) is 57.7 Å². The van der Waals surface area contributed by atoms with Gasteiger partial charge in [-0.05, 0) is 33.6 Å². The van der Waals surface area contributed by atoms with Crippen LogP contribution < -0.4 is 5.32 Å². The van der Waals surface area contributed by atoms with Crippen molar-refractivity contribution >= 4 is 11.6 Å². The Labute approximate surface area is 113 Å². The molecule has 0 radical (unpaired) electrons. The molecule has 0 aromatic carbocycles. The average Bonchev–Trinajstić information content (AvgIpc) is 3.04. The minimum atomic E-state index is -0.493. The van der Waals surface area contributed by atoms with E-state index >= 15 is 0 Å². The maximum Gasteiger partial charge on any atom is 0.106 e. The first-order chi connectivity index (χ1) is 8.43. The highest BCUT2D eigenvalue weighted by molar-refractivity contribution is 6.31. The Hall–Kier alpha value is -1.05. The fourth-order valence-electron chi connectivity index (χ4n) is 2.18. The van der Waals surface area contributed by atoms with Crippen LogP contribution in [0.25, 0.3) is 0 Å². The van der Waals surface area contributed by atoms with Crippen molar-refractivity contribution in [3.63, 3.8) is 0 Å². The van der Waals surface area contributed by atoms with Crippen molar-refractivity contribution in [1.82, 2.24) is 15.1 Å². The van der Waals surface area contributed by atoms with Crippen LogP contribution in [-0.2, 0) is 0 Å². The van der Waals surface area contributed by atoms with Gasteiger partial charge < -0.3 is 0 Å². The molecule has 2 atom stereocenters. The second kappa shape index (κ2) is 4.91. The van der Waals surface area contributed by atoms with Gasteiger partial charge in [-0.15, -0.1) is 0 Å². The summed E-state index contributed by atoms with van der Waals surface area (Å²) >= 11 is 6.01. The molecule has 1 heterocycles. The highest BCUT2D eigenvalue weighted by Crippen LogP contribution is 2.27. The number of nitriles is 1. The Morgan fingerprint density at radius 1 is 1.72 bits per heavy atom. The average molecular weight is 267 g/mol. The van der Waals surface area contributed by atoms with Crippen LogP contribution in [0.5, 0.6) is 0 Å². The molecule has 1 saturated carbocycles. The van der Waals surface area contributed by atoms with Crippen LogP contribution in [0.15, 0.2) is 6.20 Å². The first kappa shape index (κ1) is 13.4. The highest BCUT2D eigenvalue weighted by Gasteiger charge is 2.34. The summed E-state index contributed by atoms with van der Waals surface area (Å²) in [6.07, 6.45) is 4.91. The molecule has 1 N–H and O–H groups in total. The topological polar surface area (TPSA) is 53.6 Å². The molecule has 0 spiro atoms. The third-order valence-electron chi connectivity index (χ3n) is 3.36. The van der Waals surface area contributed by atoms with Crippen molar-refractivity contribution < 1.29 is 0 Å². The predicted octanol–water partition coefficient (Wildman–Crippen LogP) is 2.83. The predicted molar refractivity (Wildman–Crippen MR) is 71.5 cm³/mol. The molecular weight excluding hydrogens is 248 g/mol. The molecule has 1 aliphatic carbocycles. The number of nitrogens with zero attached hydrogens (tertiary/aromatic N) is 3.